The van der Waals surface area contributed by atoms with E-state index in [0.717, 1.165) is 25.0 Å². The lowest BCUT2D eigenvalue weighted by atomic mass is 10.1. The highest BCUT2D eigenvalue weighted by Gasteiger charge is 2.33. The summed E-state index contributed by atoms with van der Waals surface area (Å²) < 4.78 is 1.89. The molecule has 1 saturated heterocycles. The molecule has 6 heteroatoms. The summed E-state index contributed by atoms with van der Waals surface area (Å²) in [6.07, 6.45) is 3.98. The van der Waals surface area contributed by atoms with Crippen LogP contribution >= 0.6 is 0 Å². The number of aliphatic carboxylic acids is 1. The highest BCUT2D eigenvalue weighted by molar-refractivity contribution is 5.95. The van der Waals surface area contributed by atoms with Crippen LogP contribution in [0.1, 0.15) is 63.0 Å². The van der Waals surface area contributed by atoms with Gasteiger partial charge in [-0.2, -0.15) is 5.10 Å². The summed E-state index contributed by atoms with van der Waals surface area (Å²) in [5.41, 5.74) is 1.34. The highest BCUT2D eigenvalue weighted by Crippen LogP contribution is 2.26. The van der Waals surface area contributed by atoms with Gasteiger partial charge in [0.15, 0.2) is 0 Å². The van der Waals surface area contributed by atoms with Crippen LogP contribution in [0.2, 0.25) is 0 Å². The van der Waals surface area contributed by atoms with E-state index < -0.39 is 5.97 Å². The second-order valence-electron chi connectivity index (χ2n) is 6.83. The van der Waals surface area contributed by atoms with Gasteiger partial charge in [0.1, 0.15) is 0 Å². The normalized spacial score (nSPS) is 18.7. The summed E-state index contributed by atoms with van der Waals surface area (Å²) >= 11 is 0. The van der Waals surface area contributed by atoms with Gasteiger partial charge in [0, 0.05) is 12.6 Å². The molecule has 1 amide bonds. The molecular formula is C16H25N3O3. The van der Waals surface area contributed by atoms with Crippen LogP contribution in [-0.4, -0.2) is 44.3 Å². The Morgan fingerprint density at radius 2 is 2.09 bits per heavy atom. The summed E-state index contributed by atoms with van der Waals surface area (Å²) in [5, 5.41) is 13.4. The maximum absolute atomic E-state index is 12.8. The standard InChI is InChI=1S/C16H25N3O3/c1-5-13-12(10-17-19(13)16(2,3)4)15(22)18-8-6-7-11(18)9-14(20)21/h10-11H,5-9H2,1-4H3,(H,20,21). The maximum Gasteiger partial charge on any atom is 0.305 e. The smallest absolute Gasteiger partial charge is 0.305 e. The number of hydrogen-bond donors (Lipinski definition) is 1. The van der Waals surface area contributed by atoms with Crippen molar-refractivity contribution in [1.82, 2.24) is 14.7 Å². The molecule has 0 saturated carbocycles. The Labute approximate surface area is 131 Å². The van der Waals surface area contributed by atoms with Crippen molar-refractivity contribution in [2.75, 3.05) is 6.54 Å². The van der Waals surface area contributed by atoms with Gasteiger partial charge in [-0.3, -0.25) is 14.3 Å². The van der Waals surface area contributed by atoms with Crippen molar-refractivity contribution >= 4 is 11.9 Å². The molecule has 122 valence electrons. The Morgan fingerprint density at radius 3 is 2.64 bits per heavy atom. The van der Waals surface area contributed by atoms with Gasteiger partial charge in [-0.05, 0) is 40.0 Å². The molecule has 0 aliphatic carbocycles. The molecule has 0 bridgehead atoms. The lowest BCUT2D eigenvalue weighted by molar-refractivity contribution is -0.137. The van der Waals surface area contributed by atoms with Gasteiger partial charge in [-0.1, -0.05) is 6.92 Å². The minimum atomic E-state index is -0.856. The molecule has 1 N–H and O–H groups in total. The zero-order valence-electron chi connectivity index (χ0n) is 13.8. The lowest BCUT2D eigenvalue weighted by Gasteiger charge is -2.25. The minimum Gasteiger partial charge on any atom is -0.481 e. The number of likely N-dealkylation sites (tertiary alicyclic amines) is 1. The van der Waals surface area contributed by atoms with Crippen molar-refractivity contribution in [2.45, 2.75) is 65.0 Å². The molecule has 1 aliphatic rings. The lowest BCUT2D eigenvalue weighted by Crippen LogP contribution is -2.37. The molecule has 1 unspecified atom stereocenters. The van der Waals surface area contributed by atoms with Crippen LogP contribution in [0.15, 0.2) is 6.20 Å². The zero-order valence-corrected chi connectivity index (χ0v) is 13.8. The summed E-state index contributed by atoms with van der Waals surface area (Å²) in [6.45, 7) is 8.79. The van der Waals surface area contributed by atoms with Gasteiger partial charge in [0.25, 0.3) is 5.91 Å². The summed E-state index contributed by atoms with van der Waals surface area (Å²) in [7, 11) is 0. The fourth-order valence-electron chi connectivity index (χ4n) is 3.14. The summed E-state index contributed by atoms with van der Waals surface area (Å²) in [4.78, 5) is 25.5. The van der Waals surface area contributed by atoms with Crippen LogP contribution in [0.3, 0.4) is 0 Å². The van der Waals surface area contributed by atoms with E-state index in [2.05, 4.69) is 25.9 Å². The number of hydrogen-bond acceptors (Lipinski definition) is 3. The van der Waals surface area contributed by atoms with Crippen molar-refractivity contribution in [1.29, 1.82) is 0 Å². The second kappa shape index (κ2) is 6.10. The molecule has 0 radical (unpaired) electrons. The van der Waals surface area contributed by atoms with Crippen LogP contribution in [0.4, 0.5) is 0 Å². The number of carboxylic acids is 1. The predicted octanol–water partition coefficient (Wildman–Crippen LogP) is 2.28. The first kappa shape index (κ1) is 16.5. The van der Waals surface area contributed by atoms with E-state index >= 15 is 0 Å². The molecule has 0 aromatic carbocycles. The average molecular weight is 307 g/mol. The third kappa shape index (κ3) is 3.15. The Kier molecular flexibility index (Phi) is 4.58. The number of carbonyl (C=O) groups excluding carboxylic acids is 1. The topological polar surface area (TPSA) is 75.4 Å². The van der Waals surface area contributed by atoms with E-state index in [9.17, 15) is 9.59 Å². The van der Waals surface area contributed by atoms with Crippen LogP contribution in [0, 0.1) is 0 Å². The Balaban J connectivity index is 2.30. The molecule has 1 atom stereocenters. The van der Waals surface area contributed by atoms with E-state index in [1.165, 1.54) is 0 Å². The van der Waals surface area contributed by atoms with Crippen LogP contribution in [0.25, 0.3) is 0 Å². The van der Waals surface area contributed by atoms with E-state index in [1.807, 2.05) is 11.6 Å². The first-order valence-corrected chi connectivity index (χ1v) is 7.85. The molecule has 2 heterocycles. The van der Waals surface area contributed by atoms with Crippen LogP contribution in [-0.2, 0) is 16.8 Å². The van der Waals surface area contributed by atoms with E-state index in [-0.39, 0.29) is 23.9 Å². The van der Waals surface area contributed by atoms with Gasteiger partial charge >= 0.3 is 5.97 Å². The fraction of sp³-hybridized carbons (Fsp3) is 0.688. The molecule has 1 aromatic heterocycles. The van der Waals surface area contributed by atoms with E-state index in [4.69, 9.17) is 5.11 Å². The molecular weight excluding hydrogens is 282 g/mol. The quantitative estimate of drug-likeness (QED) is 0.926. The first-order valence-electron chi connectivity index (χ1n) is 7.85. The molecule has 22 heavy (non-hydrogen) atoms. The molecule has 2 rings (SSSR count). The number of carboxylic acid groups (broad SMARTS) is 1. The Hall–Kier alpha value is -1.85. The second-order valence-corrected chi connectivity index (χ2v) is 6.83. The SMILES string of the molecule is CCc1c(C(=O)N2CCCC2CC(=O)O)cnn1C(C)(C)C. The number of nitrogens with zero attached hydrogens (tertiary/aromatic N) is 3. The molecule has 1 fully saturated rings. The van der Waals surface area contributed by atoms with Crippen LogP contribution < -0.4 is 0 Å². The minimum absolute atomic E-state index is 0.0145. The van der Waals surface area contributed by atoms with Gasteiger partial charge < -0.3 is 10.0 Å². The van der Waals surface area contributed by atoms with Crippen molar-refractivity contribution in [2.24, 2.45) is 0 Å². The average Bonchev–Trinajstić information content (AvgIpc) is 3.02. The Bertz CT molecular complexity index is 572. The van der Waals surface area contributed by atoms with Gasteiger partial charge in [0.05, 0.1) is 29.4 Å². The predicted molar refractivity (Wildman–Crippen MR) is 82.9 cm³/mol. The van der Waals surface area contributed by atoms with E-state index in [0.29, 0.717) is 12.1 Å². The fourth-order valence-corrected chi connectivity index (χ4v) is 3.14. The number of rotatable bonds is 4. The van der Waals surface area contributed by atoms with Crippen LogP contribution in [0.5, 0.6) is 0 Å². The molecule has 0 spiro atoms. The van der Waals surface area contributed by atoms with Gasteiger partial charge in [0.2, 0.25) is 0 Å². The van der Waals surface area contributed by atoms with Gasteiger partial charge in [-0.15, -0.1) is 0 Å². The maximum atomic E-state index is 12.8. The third-order valence-electron chi connectivity index (χ3n) is 4.12. The van der Waals surface area contributed by atoms with Gasteiger partial charge in [-0.25, -0.2) is 0 Å². The number of carbonyl (C=O) groups is 2. The zero-order chi connectivity index (χ0) is 16.5. The third-order valence-corrected chi connectivity index (χ3v) is 4.12. The monoisotopic (exact) mass is 307 g/mol. The number of aromatic nitrogens is 2. The van der Waals surface area contributed by atoms with Crippen molar-refractivity contribution in [3.63, 3.8) is 0 Å². The number of amides is 1. The largest absolute Gasteiger partial charge is 0.481 e. The molecule has 6 nitrogen and oxygen atoms in total. The Morgan fingerprint density at radius 1 is 1.41 bits per heavy atom. The van der Waals surface area contributed by atoms with Crippen molar-refractivity contribution in [3.05, 3.63) is 17.5 Å². The van der Waals surface area contributed by atoms with Crippen molar-refractivity contribution < 1.29 is 14.7 Å². The summed E-state index contributed by atoms with van der Waals surface area (Å²) in [6, 6.07) is -0.201. The molecule has 1 aliphatic heterocycles. The first-order chi connectivity index (χ1) is 10.3. The molecule has 1 aromatic rings. The van der Waals surface area contributed by atoms with E-state index in [1.54, 1.807) is 11.1 Å². The van der Waals surface area contributed by atoms with Crippen molar-refractivity contribution in [3.8, 4) is 0 Å². The highest BCUT2D eigenvalue weighted by atomic mass is 16.4. The summed E-state index contributed by atoms with van der Waals surface area (Å²) in [5.74, 6) is -0.943.